The molecular weight excluding hydrogens is 383 g/mol. The predicted molar refractivity (Wildman–Crippen MR) is 113 cm³/mol. The third-order valence-electron chi connectivity index (χ3n) is 5.49. The molecule has 1 amide bonds. The molecule has 1 saturated heterocycles. The van der Waals surface area contributed by atoms with Crippen LogP contribution in [0.15, 0.2) is 46.9 Å². The zero-order valence-corrected chi connectivity index (χ0v) is 17.2. The van der Waals surface area contributed by atoms with E-state index in [1.807, 2.05) is 26.0 Å². The van der Waals surface area contributed by atoms with Gasteiger partial charge in [0.05, 0.1) is 6.54 Å². The second-order valence-electron chi connectivity index (χ2n) is 7.87. The number of hydrogen-bond acceptors (Lipinski definition) is 5. The van der Waals surface area contributed by atoms with Crippen LogP contribution in [0.3, 0.4) is 0 Å². The fourth-order valence-electron chi connectivity index (χ4n) is 3.79. The number of nitrogens with zero attached hydrogens (tertiary/aromatic N) is 3. The number of aryl methyl sites for hydroxylation is 2. The van der Waals surface area contributed by atoms with Crippen LogP contribution in [-0.2, 0) is 4.79 Å². The number of benzene rings is 2. The summed E-state index contributed by atoms with van der Waals surface area (Å²) < 4.78 is 18.9. The molecule has 1 aliphatic heterocycles. The van der Waals surface area contributed by atoms with E-state index >= 15 is 0 Å². The standard InChI is InChI=1S/C23H25FN4O2/c1-15-3-8-20(16(2)13-15)25-21(29)14-28-11-9-18(10-12-28)23-27-26-22(30-23)17-4-6-19(24)7-5-17/h3-8,13,18H,9-12,14H2,1-2H3,(H,25,29). The first kappa shape index (κ1) is 20.2. The minimum Gasteiger partial charge on any atom is -0.420 e. The molecule has 0 atom stereocenters. The van der Waals surface area contributed by atoms with E-state index in [0.717, 1.165) is 37.2 Å². The maximum atomic E-state index is 13.1. The van der Waals surface area contributed by atoms with E-state index in [-0.39, 0.29) is 17.6 Å². The van der Waals surface area contributed by atoms with Crippen molar-refractivity contribution in [1.29, 1.82) is 0 Å². The summed E-state index contributed by atoms with van der Waals surface area (Å²) in [6.45, 7) is 5.98. The molecule has 0 radical (unpaired) electrons. The Labute approximate surface area is 175 Å². The summed E-state index contributed by atoms with van der Waals surface area (Å²) in [5.74, 6) is 0.878. The van der Waals surface area contributed by atoms with Crippen molar-refractivity contribution in [2.45, 2.75) is 32.6 Å². The SMILES string of the molecule is Cc1ccc(NC(=O)CN2CCC(c3nnc(-c4ccc(F)cc4)o3)CC2)c(C)c1. The summed E-state index contributed by atoms with van der Waals surface area (Å²) in [5, 5.41) is 11.3. The lowest BCUT2D eigenvalue weighted by molar-refractivity contribution is -0.117. The van der Waals surface area contributed by atoms with Crippen LogP contribution >= 0.6 is 0 Å². The second kappa shape index (κ2) is 8.75. The first-order chi connectivity index (χ1) is 14.5. The summed E-state index contributed by atoms with van der Waals surface area (Å²) >= 11 is 0. The van der Waals surface area contributed by atoms with Crippen LogP contribution < -0.4 is 5.32 Å². The van der Waals surface area contributed by atoms with Gasteiger partial charge in [0.2, 0.25) is 17.7 Å². The molecule has 0 bridgehead atoms. The highest BCUT2D eigenvalue weighted by atomic mass is 19.1. The molecule has 156 valence electrons. The normalized spacial score (nSPS) is 15.3. The fraction of sp³-hybridized carbons (Fsp3) is 0.348. The Kier molecular flexibility index (Phi) is 5.90. The van der Waals surface area contributed by atoms with Gasteiger partial charge < -0.3 is 9.73 Å². The smallest absolute Gasteiger partial charge is 0.247 e. The van der Waals surface area contributed by atoms with Gasteiger partial charge in [0, 0.05) is 17.2 Å². The van der Waals surface area contributed by atoms with Crippen LogP contribution in [0.25, 0.3) is 11.5 Å². The van der Waals surface area contributed by atoms with Crippen LogP contribution in [0.1, 0.15) is 35.8 Å². The summed E-state index contributed by atoms with van der Waals surface area (Å²) in [7, 11) is 0. The van der Waals surface area contributed by atoms with E-state index in [1.165, 1.54) is 17.7 Å². The Morgan fingerprint density at radius 1 is 1.13 bits per heavy atom. The lowest BCUT2D eigenvalue weighted by atomic mass is 9.97. The van der Waals surface area contributed by atoms with Crippen molar-refractivity contribution >= 4 is 11.6 Å². The Hall–Kier alpha value is -3.06. The van der Waals surface area contributed by atoms with Gasteiger partial charge in [-0.3, -0.25) is 9.69 Å². The van der Waals surface area contributed by atoms with E-state index in [2.05, 4.69) is 26.5 Å². The zero-order chi connectivity index (χ0) is 21.1. The van der Waals surface area contributed by atoms with Crippen molar-refractivity contribution in [2.24, 2.45) is 0 Å². The largest absolute Gasteiger partial charge is 0.420 e. The molecule has 1 aromatic heterocycles. The van der Waals surface area contributed by atoms with Crippen LogP contribution in [0.5, 0.6) is 0 Å². The number of anilines is 1. The quantitative estimate of drug-likeness (QED) is 0.681. The van der Waals surface area contributed by atoms with Gasteiger partial charge in [-0.2, -0.15) is 0 Å². The van der Waals surface area contributed by atoms with Crippen LogP contribution in [0.4, 0.5) is 10.1 Å². The van der Waals surface area contributed by atoms with Gasteiger partial charge in [-0.1, -0.05) is 17.7 Å². The maximum Gasteiger partial charge on any atom is 0.247 e. The van der Waals surface area contributed by atoms with E-state index in [4.69, 9.17) is 4.42 Å². The first-order valence-corrected chi connectivity index (χ1v) is 10.2. The van der Waals surface area contributed by atoms with Gasteiger partial charge in [0.1, 0.15) is 5.82 Å². The molecule has 4 rings (SSSR count). The number of hydrogen-bond donors (Lipinski definition) is 1. The molecule has 3 aromatic rings. The molecule has 1 fully saturated rings. The van der Waals surface area contributed by atoms with Crippen molar-refractivity contribution in [1.82, 2.24) is 15.1 Å². The molecule has 0 aliphatic carbocycles. The lowest BCUT2D eigenvalue weighted by Gasteiger charge is -2.29. The molecular formula is C23H25FN4O2. The highest BCUT2D eigenvalue weighted by Gasteiger charge is 2.26. The lowest BCUT2D eigenvalue weighted by Crippen LogP contribution is -2.38. The number of aromatic nitrogens is 2. The average molecular weight is 408 g/mol. The van der Waals surface area contributed by atoms with Crippen molar-refractivity contribution in [3.05, 3.63) is 65.3 Å². The van der Waals surface area contributed by atoms with Gasteiger partial charge in [-0.25, -0.2) is 4.39 Å². The Bertz CT molecular complexity index is 1020. The minimum absolute atomic E-state index is 0.00297. The Balaban J connectivity index is 1.30. The van der Waals surface area contributed by atoms with Gasteiger partial charge in [-0.05, 0) is 75.7 Å². The molecule has 0 saturated carbocycles. The predicted octanol–water partition coefficient (Wildman–Crippen LogP) is 4.31. The van der Waals surface area contributed by atoms with Crippen LogP contribution in [0, 0.1) is 19.7 Å². The van der Waals surface area contributed by atoms with Crippen molar-refractivity contribution in [3.8, 4) is 11.5 Å². The number of rotatable bonds is 5. The molecule has 30 heavy (non-hydrogen) atoms. The minimum atomic E-state index is -0.299. The van der Waals surface area contributed by atoms with Crippen LogP contribution in [0.2, 0.25) is 0 Å². The summed E-state index contributed by atoms with van der Waals surface area (Å²) in [6, 6.07) is 12.0. The van der Waals surface area contributed by atoms with Gasteiger partial charge >= 0.3 is 0 Å². The second-order valence-corrected chi connectivity index (χ2v) is 7.87. The van der Waals surface area contributed by atoms with Gasteiger partial charge in [0.25, 0.3) is 0 Å². The molecule has 2 aromatic carbocycles. The maximum absolute atomic E-state index is 13.1. The van der Waals surface area contributed by atoms with Gasteiger partial charge in [0.15, 0.2) is 0 Å². The number of likely N-dealkylation sites (tertiary alicyclic amines) is 1. The van der Waals surface area contributed by atoms with Crippen molar-refractivity contribution < 1.29 is 13.6 Å². The number of nitrogens with one attached hydrogen (secondary N) is 1. The summed E-state index contributed by atoms with van der Waals surface area (Å²) in [5.41, 5.74) is 3.81. The highest BCUT2D eigenvalue weighted by Crippen LogP contribution is 2.29. The Morgan fingerprint density at radius 3 is 2.57 bits per heavy atom. The van der Waals surface area contributed by atoms with Gasteiger partial charge in [-0.15, -0.1) is 10.2 Å². The number of piperidine rings is 1. The van der Waals surface area contributed by atoms with E-state index in [0.29, 0.717) is 23.9 Å². The third-order valence-corrected chi connectivity index (χ3v) is 5.49. The van der Waals surface area contributed by atoms with E-state index in [1.54, 1.807) is 12.1 Å². The third kappa shape index (κ3) is 4.74. The van der Waals surface area contributed by atoms with E-state index in [9.17, 15) is 9.18 Å². The monoisotopic (exact) mass is 408 g/mol. The Morgan fingerprint density at radius 2 is 1.87 bits per heavy atom. The molecule has 0 spiro atoms. The van der Waals surface area contributed by atoms with Crippen molar-refractivity contribution in [3.63, 3.8) is 0 Å². The molecule has 2 heterocycles. The highest BCUT2D eigenvalue weighted by molar-refractivity contribution is 5.93. The van der Waals surface area contributed by atoms with Crippen molar-refractivity contribution in [2.75, 3.05) is 25.0 Å². The number of carbonyl (C=O) groups is 1. The first-order valence-electron chi connectivity index (χ1n) is 10.2. The number of halogens is 1. The van der Waals surface area contributed by atoms with E-state index < -0.39 is 0 Å². The molecule has 0 unspecified atom stereocenters. The number of carbonyl (C=O) groups excluding carboxylic acids is 1. The topological polar surface area (TPSA) is 71.3 Å². The fourth-order valence-corrected chi connectivity index (χ4v) is 3.79. The zero-order valence-electron chi connectivity index (χ0n) is 17.2. The average Bonchev–Trinajstić information content (AvgIpc) is 3.21. The molecule has 7 heteroatoms. The molecule has 6 nitrogen and oxygen atoms in total. The number of amides is 1. The van der Waals surface area contributed by atoms with Crippen LogP contribution in [-0.4, -0.2) is 40.6 Å². The summed E-state index contributed by atoms with van der Waals surface area (Å²) in [4.78, 5) is 14.6. The summed E-state index contributed by atoms with van der Waals surface area (Å²) in [6.07, 6.45) is 1.70. The molecule has 1 N–H and O–H groups in total. The molecule has 1 aliphatic rings.